The van der Waals surface area contributed by atoms with E-state index in [1.165, 1.54) is 58.3 Å². The maximum atomic E-state index is 13.0. The van der Waals surface area contributed by atoms with Gasteiger partial charge in [-0.1, -0.05) is 34.9 Å². The lowest BCUT2D eigenvalue weighted by atomic mass is 10.2. The monoisotopic (exact) mass is 398 g/mol. The number of halogens is 1. The van der Waals surface area contributed by atoms with E-state index in [1.54, 1.807) is 12.1 Å². The molecule has 0 atom stereocenters. The van der Waals surface area contributed by atoms with E-state index in [1.807, 2.05) is 5.38 Å². The number of carbonyl (C=O) groups is 1. The number of benzene rings is 1. The molecule has 5 nitrogen and oxygen atoms in total. The number of amides is 1. The van der Waals surface area contributed by atoms with E-state index in [0.717, 1.165) is 24.9 Å². The van der Waals surface area contributed by atoms with Gasteiger partial charge >= 0.3 is 0 Å². The number of aromatic nitrogens is 3. The summed E-state index contributed by atoms with van der Waals surface area (Å²) in [6.45, 7) is 0. The molecule has 0 bridgehead atoms. The number of rotatable bonds is 7. The molecular weight excluding hydrogens is 387 g/mol. The van der Waals surface area contributed by atoms with Crippen LogP contribution in [0.5, 0.6) is 0 Å². The minimum Gasteiger partial charge on any atom is -0.369 e. The number of nitrogens with two attached hydrogens (primary N) is 1. The summed E-state index contributed by atoms with van der Waals surface area (Å²) in [7, 11) is 0. The van der Waals surface area contributed by atoms with Crippen LogP contribution in [0, 0.1) is 5.82 Å². The Morgan fingerprint density at radius 2 is 1.88 bits per heavy atom. The third-order valence-corrected chi connectivity index (χ3v) is 6.90. The van der Waals surface area contributed by atoms with Crippen molar-refractivity contribution >= 4 is 52.1 Å². The summed E-state index contributed by atoms with van der Waals surface area (Å²) in [5.74, 6) is 0.242. The Hall–Kier alpha value is -1.49. The second-order valence-electron chi connectivity index (χ2n) is 4.53. The Balaban J connectivity index is 1.57. The number of hydrogen-bond acceptors (Lipinski definition) is 8. The average molecular weight is 399 g/mol. The van der Waals surface area contributed by atoms with Gasteiger partial charge in [0.15, 0.2) is 8.68 Å². The van der Waals surface area contributed by atoms with E-state index >= 15 is 0 Å². The summed E-state index contributed by atoms with van der Waals surface area (Å²) >= 11 is 5.78. The van der Waals surface area contributed by atoms with Crippen LogP contribution in [-0.4, -0.2) is 26.8 Å². The van der Waals surface area contributed by atoms with E-state index in [4.69, 9.17) is 5.73 Å². The minimum atomic E-state index is -0.375. The fourth-order valence-electron chi connectivity index (χ4n) is 1.68. The molecule has 0 saturated carbocycles. The van der Waals surface area contributed by atoms with Crippen LogP contribution < -0.4 is 5.73 Å². The highest BCUT2D eigenvalue weighted by molar-refractivity contribution is 8.03. The Labute approximate surface area is 153 Å². The molecule has 0 aliphatic carbocycles. The molecular formula is C14H11FN4OS4. The van der Waals surface area contributed by atoms with Crippen LogP contribution >= 0.6 is 46.2 Å². The average Bonchev–Trinajstić information content (AvgIpc) is 3.21. The van der Waals surface area contributed by atoms with Crippen LogP contribution in [0.1, 0.15) is 5.69 Å². The Bertz CT molecular complexity index is 833. The van der Waals surface area contributed by atoms with Gasteiger partial charge in [0, 0.05) is 16.7 Å². The number of hydrogen-bond donors (Lipinski definition) is 1. The van der Waals surface area contributed by atoms with Gasteiger partial charge in [0.05, 0.1) is 11.4 Å². The molecule has 2 aromatic heterocycles. The van der Waals surface area contributed by atoms with E-state index in [2.05, 4.69) is 15.2 Å². The first-order valence-corrected chi connectivity index (χ1v) is 10.3. The van der Waals surface area contributed by atoms with Crippen molar-refractivity contribution in [3.05, 3.63) is 41.2 Å². The number of thiazole rings is 1. The van der Waals surface area contributed by atoms with Crippen molar-refractivity contribution in [2.24, 2.45) is 5.73 Å². The first-order chi connectivity index (χ1) is 11.6. The highest BCUT2D eigenvalue weighted by Gasteiger charge is 2.09. The van der Waals surface area contributed by atoms with Crippen molar-refractivity contribution in [2.45, 2.75) is 14.4 Å². The molecule has 0 saturated heterocycles. The van der Waals surface area contributed by atoms with Crippen molar-refractivity contribution in [1.82, 2.24) is 15.2 Å². The minimum absolute atomic E-state index is 0.201. The van der Waals surface area contributed by atoms with Crippen molar-refractivity contribution < 1.29 is 9.18 Å². The SMILES string of the molecule is NC(=O)CSc1nnc(SCc2csc(-c3ccc(F)cc3)n2)s1. The van der Waals surface area contributed by atoms with Gasteiger partial charge in [0.25, 0.3) is 0 Å². The van der Waals surface area contributed by atoms with Crippen LogP contribution in [0.25, 0.3) is 10.6 Å². The van der Waals surface area contributed by atoms with Gasteiger partial charge in [0.2, 0.25) is 5.91 Å². The van der Waals surface area contributed by atoms with E-state index in [-0.39, 0.29) is 17.5 Å². The summed E-state index contributed by atoms with van der Waals surface area (Å²) in [5, 5.41) is 10.9. The molecule has 0 aliphatic heterocycles. The molecule has 124 valence electrons. The van der Waals surface area contributed by atoms with Crippen LogP contribution in [0.4, 0.5) is 4.39 Å². The maximum Gasteiger partial charge on any atom is 0.227 e. The normalized spacial score (nSPS) is 10.9. The van der Waals surface area contributed by atoms with Crippen molar-refractivity contribution in [3.63, 3.8) is 0 Å². The maximum absolute atomic E-state index is 13.0. The lowest BCUT2D eigenvalue weighted by Crippen LogP contribution is -2.12. The molecule has 3 rings (SSSR count). The number of carbonyl (C=O) groups excluding carboxylic acids is 1. The molecule has 2 heterocycles. The third kappa shape index (κ3) is 4.76. The summed E-state index contributed by atoms with van der Waals surface area (Å²) in [5.41, 5.74) is 6.94. The van der Waals surface area contributed by atoms with E-state index < -0.39 is 0 Å². The Morgan fingerprint density at radius 1 is 1.17 bits per heavy atom. The van der Waals surface area contributed by atoms with Crippen LogP contribution in [0.2, 0.25) is 0 Å². The van der Waals surface area contributed by atoms with Gasteiger partial charge in [-0.2, -0.15) is 0 Å². The first kappa shape index (κ1) is 17.3. The fourth-order valence-corrected chi connectivity index (χ4v) is 5.26. The smallest absolute Gasteiger partial charge is 0.227 e. The lowest BCUT2D eigenvalue weighted by molar-refractivity contribution is -0.115. The number of primary amides is 1. The zero-order valence-electron chi connectivity index (χ0n) is 12.1. The molecule has 0 radical (unpaired) electrons. The molecule has 0 unspecified atom stereocenters. The first-order valence-electron chi connectivity index (χ1n) is 6.68. The molecule has 10 heteroatoms. The molecule has 0 spiro atoms. The van der Waals surface area contributed by atoms with Gasteiger partial charge in [-0.05, 0) is 24.3 Å². The second-order valence-corrected chi connectivity index (χ2v) is 8.81. The highest BCUT2D eigenvalue weighted by atomic mass is 32.2. The molecule has 0 fully saturated rings. The van der Waals surface area contributed by atoms with Crippen LogP contribution in [0.15, 0.2) is 38.3 Å². The van der Waals surface area contributed by atoms with E-state index in [0.29, 0.717) is 5.75 Å². The molecule has 2 N–H and O–H groups in total. The quantitative estimate of drug-likeness (QED) is 0.612. The lowest BCUT2D eigenvalue weighted by Gasteiger charge is -1.95. The molecule has 3 aromatic rings. The van der Waals surface area contributed by atoms with Crippen molar-refractivity contribution in [2.75, 3.05) is 5.75 Å². The summed E-state index contributed by atoms with van der Waals surface area (Å²) in [4.78, 5) is 15.3. The Kier molecular flexibility index (Phi) is 5.82. The predicted molar refractivity (Wildman–Crippen MR) is 96.9 cm³/mol. The van der Waals surface area contributed by atoms with Crippen molar-refractivity contribution in [3.8, 4) is 10.6 Å². The molecule has 1 aromatic carbocycles. The topological polar surface area (TPSA) is 81.8 Å². The largest absolute Gasteiger partial charge is 0.369 e. The van der Waals surface area contributed by atoms with Gasteiger partial charge in [0.1, 0.15) is 10.8 Å². The summed E-state index contributed by atoms with van der Waals surface area (Å²) < 4.78 is 14.5. The number of nitrogens with zero attached hydrogens (tertiary/aromatic N) is 3. The molecule has 24 heavy (non-hydrogen) atoms. The second kappa shape index (κ2) is 8.06. The predicted octanol–water partition coefficient (Wildman–Crippen LogP) is 3.67. The third-order valence-electron chi connectivity index (χ3n) is 2.71. The molecule has 1 amide bonds. The standard InChI is InChI=1S/C14H11FN4OS4/c15-9-3-1-8(2-4-9)12-17-10(5-21-12)6-22-13-18-19-14(24-13)23-7-11(16)20/h1-5H,6-7H2,(H2,16,20). The summed E-state index contributed by atoms with van der Waals surface area (Å²) in [6, 6.07) is 6.30. The van der Waals surface area contributed by atoms with Gasteiger partial charge in [-0.15, -0.1) is 21.5 Å². The Morgan fingerprint density at radius 3 is 2.58 bits per heavy atom. The van der Waals surface area contributed by atoms with Crippen LogP contribution in [-0.2, 0) is 10.5 Å². The van der Waals surface area contributed by atoms with E-state index in [9.17, 15) is 9.18 Å². The zero-order chi connectivity index (χ0) is 16.9. The summed E-state index contributed by atoms with van der Waals surface area (Å²) in [6.07, 6.45) is 0. The van der Waals surface area contributed by atoms with Gasteiger partial charge in [-0.3, -0.25) is 4.79 Å². The van der Waals surface area contributed by atoms with Crippen LogP contribution in [0.3, 0.4) is 0 Å². The van der Waals surface area contributed by atoms with Crippen molar-refractivity contribution in [1.29, 1.82) is 0 Å². The fraction of sp³-hybridized carbons (Fsp3) is 0.143. The zero-order valence-corrected chi connectivity index (χ0v) is 15.4. The van der Waals surface area contributed by atoms with Gasteiger partial charge < -0.3 is 5.73 Å². The highest BCUT2D eigenvalue weighted by Crippen LogP contribution is 2.32. The molecule has 0 aliphatic rings. The number of thioether (sulfide) groups is 2. The van der Waals surface area contributed by atoms with Gasteiger partial charge in [-0.25, -0.2) is 9.37 Å².